The van der Waals surface area contributed by atoms with Gasteiger partial charge in [0, 0.05) is 26.4 Å². The Morgan fingerprint density at radius 3 is 0.459 bits per heavy atom. The molecule has 0 N–H and O–H groups in total. The summed E-state index contributed by atoms with van der Waals surface area (Å²) in [5, 5.41) is 0. The van der Waals surface area contributed by atoms with E-state index in [1.165, 1.54) is 255 Å². The molecular formula is C88H148O16S4Ti. The minimum atomic E-state index is -4.36. The molecule has 16 nitrogen and oxygen atoms in total. The molecule has 21 heteroatoms. The zero-order chi connectivity index (χ0) is 79.8. The number of ether oxygens (including phenoxy) is 4. The van der Waals surface area contributed by atoms with E-state index in [0.29, 0.717) is 72.4 Å². The second kappa shape index (κ2) is 68.3. The van der Waals surface area contributed by atoms with Crippen molar-refractivity contribution in [2.45, 2.75) is 408 Å². The van der Waals surface area contributed by atoms with Crippen molar-refractivity contribution in [2.75, 3.05) is 26.4 Å². The van der Waals surface area contributed by atoms with Crippen LogP contribution in [0.1, 0.15) is 360 Å². The summed E-state index contributed by atoms with van der Waals surface area (Å²) in [4.78, 5) is -0.219. The maximum Gasteiger partial charge on any atom is 4.00 e. The van der Waals surface area contributed by atoms with Crippen LogP contribution in [0.4, 0.5) is 0 Å². The molecule has 0 aliphatic rings. The standard InChI is InChI=1S/4C22H38O4S.Ti/c4*1-20(2)26-19-15-11-9-7-5-3-4-6-8-10-12-16-21-17-13-14-18-22(21)27(23,24)25;/h4*13-14,17-18,20H,3-12,15-16,19H2,1-2H3,(H,23,24,25);/q;;;;+4/p-4. The zero-order valence-corrected chi connectivity index (χ0v) is 73.8. The van der Waals surface area contributed by atoms with E-state index in [9.17, 15) is 51.9 Å². The molecule has 0 bridgehead atoms. The summed E-state index contributed by atoms with van der Waals surface area (Å²) in [7, 11) is -17.4. The Morgan fingerprint density at radius 1 is 0.211 bits per heavy atom. The van der Waals surface area contributed by atoms with Crippen LogP contribution < -0.4 is 0 Å². The molecule has 4 aromatic carbocycles. The largest absolute Gasteiger partial charge is 4.00 e. The van der Waals surface area contributed by atoms with Crippen molar-refractivity contribution in [1.82, 2.24) is 0 Å². The van der Waals surface area contributed by atoms with Crippen LogP contribution in [0, 0.1) is 0 Å². The number of hydrogen-bond acceptors (Lipinski definition) is 16. The SMILES string of the molecule is CC(C)OCCCCCCCCCCCCCc1ccccc1S(=O)(=O)[O-].CC(C)OCCCCCCCCCCCCCc1ccccc1S(=O)(=O)[O-].CC(C)OCCCCCCCCCCCCCc1ccccc1S(=O)(=O)[O-].CC(C)OCCCCCCCCCCCCCc1ccccc1S(=O)(=O)[O-].[Ti+4]. The number of hydrogen-bond donors (Lipinski definition) is 0. The van der Waals surface area contributed by atoms with E-state index in [2.05, 4.69) is 55.4 Å². The van der Waals surface area contributed by atoms with Gasteiger partial charge in [-0.15, -0.1) is 0 Å². The van der Waals surface area contributed by atoms with Crippen LogP contribution in [-0.4, -0.2) is 103 Å². The second-order valence-corrected chi connectivity index (χ2v) is 35.9. The van der Waals surface area contributed by atoms with Gasteiger partial charge in [-0.2, -0.15) is 0 Å². The van der Waals surface area contributed by atoms with Crippen LogP contribution in [-0.2, 0) is 107 Å². The van der Waals surface area contributed by atoms with Crippen molar-refractivity contribution in [2.24, 2.45) is 0 Å². The van der Waals surface area contributed by atoms with Gasteiger partial charge in [0.2, 0.25) is 0 Å². The maximum absolute atomic E-state index is 11.3. The van der Waals surface area contributed by atoms with Gasteiger partial charge in [0.1, 0.15) is 40.5 Å². The smallest absolute Gasteiger partial charge is 0.744 e. The summed E-state index contributed by atoms with van der Waals surface area (Å²) in [5.41, 5.74) is 2.63. The summed E-state index contributed by atoms with van der Waals surface area (Å²) in [6, 6.07) is 26.2. The molecule has 0 aliphatic carbocycles. The van der Waals surface area contributed by atoms with Crippen LogP contribution in [0.15, 0.2) is 117 Å². The van der Waals surface area contributed by atoms with Crippen molar-refractivity contribution in [3.05, 3.63) is 119 Å². The van der Waals surface area contributed by atoms with Gasteiger partial charge in [0.25, 0.3) is 0 Å². The van der Waals surface area contributed by atoms with Gasteiger partial charge in [-0.3, -0.25) is 0 Å². The first-order chi connectivity index (χ1) is 51.6. The molecule has 0 fully saturated rings. The summed E-state index contributed by atoms with van der Waals surface area (Å²) >= 11 is 0. The Morgan fingerprint density at radius 2 is 0.330 bits per heavy atom. The van der Waals surface area contributed by atoms with Gasteiger partial charge in [-0.1, -0.05) is 304 Å². The van der Waals surface area contributed by atoms with E-state index in [1.54, 1.807) is 72.8 Å². The molecule has 4 aromatic rings. The van der Waals surface area contributed by atoms with E-state index in [1.807, 2.05) is 0 Å². The van der Waals surface area contributed by atoms with Gasteiger partial charge in [0.05, 0.1) is 44.0 Å². The summed E-state index contributed by atoms with van der Waals surface area (Å²) in [6.07, 6.45) is 57.7. The third kappa shape index (κ3) is 63.0. The van der Waals surface area contributed by atoms with E-state index in [4.69, 9.17) is 18.9 Å². The first kappa shape index (κ1) is 106. The fourth-order valence-corrected chi connectivity index (χ4v) is 16.1. The van der Waals surface area contributed by atoms with E-state index in [-0.39, 0.29) is 41.3 Å². The third-order valence-corrected chi connectivity index (χ3v) is 22.9. The molecule has 0 atom stereocenters. The van der Waals surface area contributed by atoms with Crippen molar-refractivity contribution >= 4 is 40.5 Å². The van der Waals surface area contributed by atoms with Crippen LogP contribution >= 0.6 is 0 Å². The summed E-state index contributed by atoms with van der Waals surface area (Å²) < 4.78 is 157. The quantitative estimate of drug-likeness (QED) is 0.0226. The van der Waals surface area contributed by atoms with Crippen molar-refractivity contribution in [3.8, 4) is 0 Å². The molecule has 4 rings (SSSR count). The van der Waals surface area contributed by atoms with Gasteiger partial charge < -0.3 is 37.2 Å². The fourth-order valence-electron chi connectivity index (χ4n) is 13.1. The first-order valence-corrected chi connectivity index (χ1v) is 47.9. The van der Waals surface area contributed by atoms with Crippen LogP contribution in [0.3, 0.4) is 0 Å². The molecule has 0 aliphatic heterocycles. The van der Waals surface area contributed by atoms with Crippen LogP contribution in [0.25, 0.3) is 0 Å². The third-order valence-electron chi connectivity index (χ3n) is 19.1. The first-order valence-electron chi connectivity index (χ1n) is 42.3. The Hall–Kier alpha value is -2.93. The average Bonchev–Trinajstić information content (AvgIpc) is 0.862. The molecule has 0 unspecified atom stereocenters. The van der Waals surface area contributed by atoms with Gasteiger partial charge >= 0.3 is 21.7 Å². The normalized spacial score (nSPS) is 11.9. The molecule has 0 heterocycles. The van der Waals surface area contributed by atoms with Crippen molar-refractivity contribution < 1.29 is 92.5 Å². The van der Waals surface area contributed by atoms with E-state index >= 15 is 0 Å². The summed E-state index contributed by atoms with van der Waals surface area (Å²) in [5.74, 6) is 0. The topological polar surface area (TPSA) is 266 Å². The Kier molecular flexibility index (Phi) is 66.5. The van der Waals surface area contributed by atoms with Crippen molar-refractivity contribution in [1.29, 1.82) is 0 Å². The number of rotatable bonds is 64. The summed E-state index contributed by atoms with van der Waals surface area (Å²) in [6.45, 7) is 20.2. The van der Waals surface area contributed by atoms with Gasteiger partial charge in [-0.25, -0.2) is 33.7 Å². The number of unbranched alkanes of at least 4 members (excludes halogenated alkanes) is 40. The molecule has 0 amide bonds. The average molecular weight is 1640 g/mol. The monoisotopic (exact) mass is 1640 g/mol. The molecule has 109 heavy (non-hydrogen) atoms. The Bertz CT molecular complexity index is 2820. The number of aryl methyl sites for hydroxylation is 4. The minimum absolute atomic E-state index is 0. The molecule has 0 saturated heterocycles. The molecule has 624 valence electrons. The molecule has 0 saturated carbocycles. The Balaban J connectivity index is 0.00000142. The van der Waals surface area contributed by atoms with Gasteiger partial charge in [-0.05, 0) is 179 Å². The van der Waals surface area contributed by atoms with Crippen LogP contribution in [0.5, 0.6) is 0 Å². The second-order valence-electron chi connectivity index (χ2n) is 30.5. The van der Waals surface area contributed by atoms with Crippen LogP contribution in [0.2, 0.25) is 0 Å². The predicted molar refractivity (Wildman–Crippen MR) is 440 cm³/mol. The van der Waals surface area contributed by atoms with E-state index < -0.39 is 40.5 Å². The van der Waals surface area contributed by atoms with Crippen molar-refractivity contribution in [3.63, 3.8) is 0 Å². The van der Waals surface area contributed by atoms with E-state index in [0.717, 1.165) is 77.8 Å². The maximum atomic E-state index is 11.3. The Labute approximate surface area is 681 Å². The zero-order valence-electron chi connectivity index (χ0n) is 69.0. The fraction of sp³-hybridized carbons (Fsp3) is 0.727. The molecule has 0 spiro atoms. The molecule has 0 aromatic heterocycles. The predicted octanol–water partition coefficient (Wildman–Crippen LogP) is 23.4. The van der Waals surface area contributed by atoms with Gasteiger partial charge in [0.15, 0.2) is 0 Å². The molecular weight excluding hydrogens is 1490 g/mol. The minimum Gasteiger partial charge on any atom is -0.744 e. The number of benzene rings is 4. The molecule has 0 radical (unpaired) electrons.